The Morgan fingerprint density at radius 1 is 1.32 bits per heavy atom. The molecule has 0 aliphatic rings. The summed E-state index contributed by atoms with van der Waals surface area (Å²) < 4.78 is 11.0. The van der Waals surface area contributed by atoms with Gasteiger partial charge in [0.25, 0.3) is 0 Å². The fraction of sp³-hybridized carbons (Fsp3) is 0.750. The molecule has 0 aliphatic carbocycles. The second-order valence-corrected chi connectivity index (χ2v) is 6.35. The monoisotopic (exact) mass is 267 g/mol. The Bertz CT molecular complexity index is 365. The van der Waals surface area contributed by atoms with Crippen molar-refractivity contribution in [2.75, 3.05) is 13.7 Å². The molecule has 1 heterocycles. The van der Waals surface area contributed by atoms with Gasteiger partial charge in [-0.1, -0.05) is 34.6 Å². The van der Waals surface area contributed by atoms with Crippen LogP contribution in [0, 0.1) is 11.3 Å². The van der Waals surface area contributed by atoms with Crippen LogP contribution in [0.1, 0.15) is 58.6 Å². The number of hydrogen-bond donors (Lipinski definition) is 1. The number of furan rings is 1. The zero-order valence-electron chi connectivity index (χ0n) is 13.2. The lowest BCUT2D eigenvalue weighted by molar-refractivity contribution is 0.159. The molecule has 2 unspecified atom stereocenters. The van der Waals surface area contributed by atoms with Gasteiger partial charge in [0.15, 0.2) is 0 Å². The van der Waals surface area contributed by atoms with Crippen molar-refractivity contribution >= 4 is 0 Å². The molecule has 3 heteroatoms. The van der Waals surface area contributed by atoms with E-state index in [1.165, 1.54) is 0 Å². The van der Waals surface area contributed by atoms with E-state index in [0.29, 0.717) is 17.9 Å². The predicted octanol–water partition coefficient (Wildman–Crippen LogP) is 4.15. The van der Waals surface area contributed by atoms with Gasteiger partial charge in [-0.25, -0.2) is 0 Å². The minimum atomic E-state index is 0.282. The van der Waals surface area contributed by atoms with Gasteiger partial charge in [0.1, 0.15) is 18.1 Å². The summed E-state index contributed by atoms with van der Waals surface area (Å²) >= 11 is 0. The first-order chi connectivity index (χ1) is 8.88. The average molecular weight is 267 g/mol. The van der Waals surface area contributed by atoms with Crippen LogP contribution < -0.4 is 5.32 Å². The van der Waals surface area contributed by atoms with Gasteiger partial charge in [0.05, 0.1) is 6.04 Å². The third kappa shape index (κ3) is 5.00. The maximum absolute atomic E-state index is 5.86. The maximum Gasteiger partial charge on any atom is 0.129 e. The van der Waals surface area contributed by atoms with Gasteiger partial charge in [-0.3, -0.25) is 0 Å². The molecule has 3 nitrogen and oxygen atoms in total. The first-order valence-corrected chi connectivity index (χ1v) is 7.19. The quantitative estimate of drug-likeness (QED) is 0.806. The largest absolute Gasteiger partial charge is 0.462 e. The molecule has 0 saturated heterocycles. The third-order valence-electron chi connectivity index (χ3n) is 3.83. The molecule has 1 N–H and O–H groups in total. The molecule has 110 valence electrons. The molecule has 0 aromatic carbocycles. The Balaban J connectivity index is 2.75. The Hall–Kier alpha value is -0.800. The van der Waals surface area contributed by atoms with Gasteiger partial charge in [-0.05, 0) is 36.4 Å². The van der Waals surface area contributed by atoms with E-state index >= 15 is 0 Å². The Kier molecular flexibility index (Phi) is 6.08. The molecule has 0 spiro atoms. The van der Waals surface area contributed by atoms with E-state index in [0.717, 1.165) is 24.5 Å². The molecule has 19 heavy (non-hydrogen) atoms. The zero-order valence-corrected chi connectivity index (χ0v) is 13.2. The smallest absolute Gasteiger partial charge is 0.129 e. The number of rotatable bonds is 7. The molecule has 0 bridgehead atoms. The Morgan fingerprint density at radius 3 is 2.53 bits per heavy atom. The highest BCUT2D eigenvalue weighted by molar-refractivity contribution is 5.10. The Labute approximate surface area is 117 Å². The fourth-order valence-electron chi connectivity index (χ4n) is 2.06. The number of methoxy groups -OCH3 is 1. The summed E-state index contributed by atoms with van der Waals surface area (Å²) in [6.07, 6.45) is 1.08. The molecular formula is C16H29NO2. The lowest BCUT2D eigenvalue weighted by atomic mass is 9.78. The summed E-state index contributed by atoms with van der Waals surface area (Å²) in [5.74, 6) is 2.53. The van der Waals surface area contributed by atoms with Crippen molar-refractivity contribution < 1.29 is 9.15 Å². The van der Waals surface area contributed by atoms with Crippen molar-refractivity contribution in [3.63, 3.8) is 0 Å². The van der Waals surface area contributed by atoms with Crippen molar-refractivity contribution in [3.05, 3.63) is 23.7 Å². The van der Waals surface area contributed by atoms with Crippen molar-refractivity contribution in [2.45, 2.75) is 53.7 Å². The van der Waals surface area contributed by atoms with Crippen molar-refractivity contribution in [3.8, 4) is 0 Å². The highest BCUT2D eigenvalue weighted by atomic mass is 16.5. The minimum Gasteiger partial charge on any atom is -0.462 e. The van der Waals surface area contributed by atoms with Crippen LogP contribution in [-0.2, 0) is 11.3 Å². The van der Waals surface area contributed by atoms with Crippen molar-refractivity contribution in [1.82, 2.24) is 5.32 Å². The van der Waals surface area contributed by atoms with Gasteiger partial charge in [0.2, 0.25) is 0 Å². The van der Waals surface area contributed by atoms with E-state index in [9.17, 15) is 0 Å². The predicted molar refractivity (Wildman–Crippen MR) is 79.1 cm³/mol. The number of hydrogen-bond acceptors (Lipinski definition) is 3. The van der Waals surface area contributed by atoms with Crippen LogP contribution >= 0.6 is 0 Å². The van der Waals surface area contributed by atoms with Crippen LogP contribution in [0.3, 0.4) is 0 Å². The number of ether oxygens (including phenoxy) is 1. The molecule has 1 aromatic heterocycles. The zero-order chi connectivity index (χ0) is 14.5. The number of nitrogens with one attached hydrogen (secondary N) is 1. The van der Waals surface area contributed by atoms with Gasteiger partial charge in [-0.2, -0.15) is 0 Å². The highest BCUT2D eigenvalue weighted by Crippen LogP contribution is 2.33. The molecular weight excluding hydrogens is 238 g/mol. The first kappa shape index (κ1) is 16.3. The van der Waals surface area contributed by atoms with Gasteiger partial charge in [-0.15, -0.1) is 0 Å². The second-order valence-electron chi connectivity index (χ2n) is 6.35. The van der Waals surface area contributed by atoms with Crippen molar-refractivity contribution in [1.29, 1.82) is 0 Å². The molecule has 2 atom stereocenters. The van der Waals surface area contributed by atoms with Crippen LogP contribution in [0.5, 0.6) is 0 Å². The SMILES string of the molecule is CCNC(CC(C)C(C)(C)C)c1ccc(COC)o1. The summed E-state index contributed by atoms with van der Waals surface area (Å²) in [5, 5.41) is 3.52. The van der Waals surface area contributed by atoms with Gasteiger partial charge in [0, 0.05) is 7.11 Å². The van der Waals surface area contributed by atoms with Crippen LogP contribution in [0.4, 0.5) is 0 Å². The van der Waals surface area contributed by atoms with E-state index in [4.69, 9.17) is 9.15 Å². The summed E-state index contributed by atoms with van der Waals surface area (Å²) in [5.41, 5.74) is 0.315. The normalized spacial score (nSPS) is 15.5. The summed E-state index contributed by atoms with van der Waals surface area (Å²) in [6, 6.07) is 4.35. The lowest BCUT2D eigenvalue weighted by Crippen LogP contribution is -2.27. The molecule has 1 rings (SSSR count). The average Bonchev–Trinajstić information content (AvgIpc) is 2.76. The van der Waals surface area contributed by atoms with E-state index in [-0.39, 0.29) is 6.04 Å². The molecule has 0 fully saturated rings. The van der Waals surface area contributed by atoms with Gasteiger partial charge >= 0.3 is 0 Å². The molecule has 1 aromatic rings. The summed E-state index contributed by atoms with van der Waals surface area (Å²) in [6.45, 7) is 12.8. The van der Waals surface area contributed by atoms with E-state index in [1.54, 1.807) is 7.11 Å². The first-order valence-electron chi connectivity index (χ1n) is 7.19. The lowest BCUT2D eigenvalue weighted by Gasteiger charge is -2.30. The molecule has 0 aliphatic heterocycles. The van der Waals surface area contributed by atoms with E-state index in [1.807, 2.05) is 6.07 Å². The molecule has 0 radical (unpaired) electrons. The second kappa shape index (κ2) is 7.11. The highest BCUT2D eigenvalue weighted by Gasteiger charge is 2.25. The Morgan fingerprint density at radius 2 is 2.00 bits per heavy atom. The van der Waals surface area contributed by atoms with Crippen molar-refractivity contribution in [2.24, 2.45) is 11.3 Å². The van der Waals surface area contributed by atoms with Crippen LogP contribution in [0.25, 0.3) is 0 Å². The minimum absolute atomic E-state index is 0.282. The van der Waals surface area contributed by atoms with Crippen LogP contribution in [0.2, 0.25) is 0 Å². The summed E-state index contributed by atoms with van der Waals surface area (Å²) in [4.78, 5) is 0. The van der Waals surface area contributed by atoms with Crippen LogP contribution in [0.15, 0.2) is 16.5 Å². The van der Waals surface area contributed by atoms with Gasteiger partial charge < -0.3 is 14.5 Å². The van der Waals surface area contributed by atoms with E-state index < -0.39 is 0 Å². The van der Waals surface area contributed by atoms with E-state index in [2.05, 4.69) is 46.0 Å². The fourth-order valence-corrected chi connectivity index (χ4v) is 2.06. The molecule has 0 amide bonds. The summed E-state index contributed by atoms with van der Waals surface area (Å²) in [7, 11) is 1.69. The third-order valence-corrected chi connectivity index (χ3v) is 3.83. The topological polar surface area (TPSA) is 34.4 Å². The maximum atomic E-state index is 5.86. The standard InChI is InChI=1S/C16H29NO2/c1-7-17-14(10-12(2)16(3,4)5)15-9-8-13(19-15)11-18-6/h8-9,12,14,17H,7,10-11H2,1-6H3. The molecule has 0 saturated carbocycles. The van der Waals surface area contributed by atoms with Crippen LogP contribution in [-0.4, -0.2) is 13.7 Å².